The summed E-state index contributed by atoms with van der Waals surface area (Å²) in [6, 6.07) is 14.4. The molecule has 0 amide bonds. The van der Waals surface area contributed by atoms with Gasteiger partial charge in [0.25, 0.3) is 0 Å². The molecule has 0 aliphatic heterocycles. The minimum atomic E-state index is -3.37. The quantitative estimate of drug-likeness (QED) is 0.843. The first-order valence-electron chi connectivity index (χ1n) is 6.84. The van der Waals surface area contributed by atoms with Crippen molar-refractivity contribution in [1.29, 1.82) is 0 Å². The highest BCUT2D eigenvalue weighted by Gasteiger charge is 2.11. The van der Waals surface area contributed by atoms with E-state index in [0.29, 0.717) is 23.6 Å². The van der Waals surface area contributed by atoms with Gasteiger partial charge in [-0.25, -0.2) is 13.1 Å². The molecule has 22 heavy (non-hydrogen) atoms. The lowest BCUT2D eigenvalue weighted by atomic mass is 10.1. The van der Waals surface area contributed by atoms with Crippen LogP contribution in [-0.2, 0) is 22.2 Å². The summed E-state index contributed by atoms with van der Waals surface area (Å²) < 4.78 is 32.0. The molecule has 0 unspecified atom stereocenters. The summed E-state index contributed by atoms with van der Waals surface area (Å²) in [4.78, 5) is 0. The molecule has 118 valence electrons. The van der Waals surface area contributed by atoms with Crippen molar-refractivity contribution in [2.24, 2.45) is 0 Å². The highest BCUT2D eigenvalue weighted by molar-refractivity contribution is 7.88. The topological polar surface area (TPSA) is 55.4 Å². The maximum Gasteiger partial charge on any atom is 0.215 e. The van der Waals surface area contributed by atoms with Crippen LogP contribution in [0.4, 0.5) is 0 Å². The molecule has 0 bridgehead atoms. The van der Waals surface area contributed by atoms with Crippen molar-refractivity contribution >= 4 is 21.6 Å². The van der Waals surface area contributed by atoms with Gasteiger partial charge in [-0.1, -0.05) is 41.9 Å². The molecule has 1 N–H and O–H groups in total. The van der Waals surface area contributed by atoms with Crippen LogP contribution in [0.25, 0.3) is 0 Å². The summed E-state index contributed by atoms with van der Waals surface area (Å²) in [5.41, 5.74) is 1.67. The molecule has 2 rings (SSSR count). The summed E-state index contributed by atoms with van der Waals surface area (Å²) in [5.74, 6) is 0.704. The Kier molecular flexibility index (Phi) is 5.83. The van der Waals surface area contributed by atoms with Crippen LogP contribution in [0.2, 0.25) is 5.02 Å². The molecule has 0 atom stereocenters. The number of benzene rings is 2. The number of rotatable bonds is 7. The molecular weight excluding hydrogens is 322 g/mol. The van der Waals surface area contributed by atoms with Gasteiger partial charge in [0.15, 0.2) is 0 Å². The zero-order valence-electron chi connectivity index (χ0n) is 12.3. The second kappa shape index (κ2) is 7.63. The number of para-hydroxylation sites is 1. The molecule has 0 aliphatic rings. The van der Waals surface area contributed by atoms with Gasteiger partial charge in [0.1, 0.15) is 5.75 Å². The van der Waals surface area contributed by atoms with Gasteiger partial charge in [-0.3, -0.25) is 0 Å². The summed E-state index contributed by atoms with van der Waals surface area (Å²) in [6.07, 6.45) is 0.573. The Hall–Kier alpha value is -1.56. The van der Waals surface area contributed by atoms with Crippen molar-refractivity contribution in [2.45, 2.75) is 12.2 Å². The van der Waals surface area contributed by atoms with Crippen LogP contribution < -0.4 is 9.46 Å². The summed E-state index contributed by atoms with van der Waals surface area (Å²) in [5, 5.41) is 0.588. The molecule has 0 aromatic heterocycles. The summed E-state index contributed by atoms with van der Waals surface area (Å²) >= 11 is 5.79. The predicted molar refractivity (Wildman–Crippen MR) is 88.8 cm³/mol. The van der Waals surface area contributed by atoms with E-state index in [1.54, 1.807) is 31.4 Å². The number of halogens is 1. The zero-order valence-corrected chi connectivity index (χ0v) is 13.8. The SMILES string of the molecule is COc1ccccc1CCNS(=O)(=O)Cc1ccc(Cl)cc1. The molecule has 0 aliphatic carbocycles. The number of sulfonamides is 1. The third-order valence-corrected chi connectivity index (χ3v) is 4.79. The van der Waals surface area contributed by atoms with E-state index in [0.717, 1.165) is 11.3 Å². The first-order chi connectivity index (χ1) is 10.5. The number of hydrogen-bond donors (Lipinski definition) is 1. The predicted octanol–water partition coefficient (Wildman–Crippen LogP) is 3.01. The standard InChI is InChI=1S/C16H18ClNO3S/c1-21-16-5-3-2-4-14(16)10-11-18-22(19,20)12-13-6-8-15(17)9-7-13/h2-9,18H,10-12H2,1H3. The normalized spacial score (nSPS) is 11.4. The van der Waals surface area contributed by atoms with Crippen LogP contribution in [0.3, 0.4) is 0 Å². The van der Waals surface area contributed by atoms with Crippen LogP contribution in [0.1, 0.15) is 11.1 Å². The lowest BCUT2D eigenvalue weighted by molar-refractivity contribution is 0.409. The van der Waals surface area contributed by atoms with E-state index >= 15 is 0 Å². The third-order valence-electron chi connectivity index (χ3n) is 3.18. The van der Waals surface area contributed by atoms with Crippen LogP contribution in [0.5, 0.6) is 5.75 Å². The van der Waals surface area contributed by atoms with Gasteiger partial charge < -0.3 is 4.74 Å². The molecule has 4 nitrogen and oxygen atoms in total. The van der Waals surface area contributed by atoms with Crippen molar-refractivity contribution in [1.82, 2.24) is 4.72 Å². The fourth-order valence-electron chi connectivity index (χ4n) is 2.10. The largest absolute Gasteiger partial charge is 0.496 e. The van der Waals surface area contributed by atoms with Crippen LogP contribution in [0.15, 0.2) is 48.5 Å². The fourth-order valence-corrected chi connectivity index (χ4v) is 3.37. The van der Waals surface area contributed by atoms with Crippen LogP contribution >= 0.6 is 11.6 Å². The van der Waals surface area contributed by atoms with Gasteiger partial charge in [-0.15, -0.1) is 0 Å². The number of methoxy groups -OCH3 is 1. The van der Waals surface area contributed by atoms with Crippen LogP contribution in [0, 0.1) is 0 Å². The maximum atomic E-state index is 12.1. The van der Waals surface area contributed by atoms with Gasteiger partial charge >= 0.3 is 0 Å². The summed E-state index contributed by atoms with van der Waals surface area (Å²) in [6.45, 7) is 0.330. The molecule has 0 radical (unpaired) electrons. The lowest BCUT2D eigenvalue weighted by Crippen LogP contribution is -2.27. The van der Waals surface area contributed by atoms with E-state index in [1.807, 2.05) is 24.3 Å². The molecule has 6 heteroatoms. The molecule has 0 saturated carbocycles. The average molecular weight is 340 g/mol. The summed E-state index contributed by atoms with van der Waals surface area (Å²) in [7, 11) is -1.77. The Morgan fingerprint density at radius 1 is 1.09 bits per heavy atom. The molecular formula is C16H18ClNO3S. The Balaban J connectivity index is 1.91. The number of ether oxygens (including phenoxy) is 1. The van der Waals surface area contributed by atoms with E-state index in [1.165, 1.54) is 0 Å². The van der Waals surface area contributed by atoms with Gasteiger partial charge in [0.2, 0.25) is 10.0 Å². The zero-order chi connectivity index (χ0) is 16.0. The fraction of sp³-hybridized carbons (Fsp3) is 0.250. The highest BCUT2D eigenvalue weighted by Crippen LogP contribution is 2.17. The average Bonchev–Trinajstić information content (AvgIpc) is 2.50. The maximum absolute atomic E-state index is 12.1. The van der Waals surface area contributed by atoms with E-state index in [9.17, 15) is 8.42 Å². The van der Waals surface area contributed by atoms with Crippen molar-refractivity contribution in [3.63, 3.8) is 0 Å². The third kappa shape index (κ3) is 5.02. The van der Waals surface area contributed by atoms with Crippen molar-refractivity contribution in [2.75, 3.05) is 13.7 Å². The molecule has 0 heterocycles. The van der Waals surface area contributed by atoms with Gasteiger partial charge in [0, 0.05) is 11.6 Å². The van der Waals surface area contributed by atoms with E-state index in [2.05, 4.69) is 4.72 Å². The smallest absolute Gasteiger partial charge is 0.215 e. The highest BCUT2D eigenvalue weighted by atomic mass is 35.5. The molecule has 2 aromatic rings. The second-order valence-electron chi connectivity index (χ2n) is 4.84. The minimum Gasteiger partial charge on any atom is -0.496 e. The number of hydrogen-bond acceptors (Lipinski definition) is 3. The first kappa shape index (κ1) is 16.8. The van der Waals surface area contributed by atoms with E-state index in [4.69, 9.17) is 16.3 Å². The molecule has 0 saturated heterocycles. The lowest BCUT2D eigenvalue weighted by Gasteiger charge is -2.09. The Morgan fingerprint density at radius 2 is 1.77 bits per heavy atom. The Bertz CT molecular complexity index is 714. The van der Waals surface area contributed by atoms with Gasteiger partial charge in [0.05, 0.1) is 12.9 Å². The van der Waals surface area contributed by atoms with E-state index in [-0.39, 0.29) is 5.75 Å². The van der Waals surface area contributed by atoms with Crippen LogP contribution in [-0.4, -0.2) is 22.1 Å². The molecule has 2 aromatic carbocycles. The van der Waals surface area contributed by atoms with Gasteiger partial charge in [-0.05, 0) is 35.7 Å². The Labute approximate surface area is 136 Å². The molecule has 0 fully saturated rings. The van der Waals surface area contributed by atoms with E-state index < -0.39 is 10.0 Å². The van der Waals surface area contributed by atoms with Gasteiger partial charge in [-0.2, -0.15) is 0 Å². The number of nitrogens with one attached hydrogen (secondary N) is 1. The van der Waals surface area contributed by atoms with Crippen molar-refractivity contribution in [3.8, 4) is 5.75 Å². The Morgan fingerprint density at radius 3 is 2.45 bits per heavy atom. The van der Waals surface area contributed by atoms with Crippen molar-refractivity contribution in [3.05, 3.63) is 64.7 Å². The first-order valence-corrected chi connectivity index (χ1v) is 8.87. The minimum absolute atomic E-state index is 0.0594. The monoisotopic (exact) mass is 339 g/mol. The molecule has 0 spiro atoms. The van der Waals surface area contributed by atoms with Crippen molar-refractivity contribution < 1.29 is 13.2 Å². The second-order valence-corrected chi connectivity index (χ2v) is 7.09.